The lowest BCUT2D eigenvalue weighted by Crippen LogP contribution is -2.48. The number of nitrogens with one attached hydrogen (secondary N) is 2. The van der Waals surface area contributed by atoms with E-state index in [9.17, 15) is 4.79 Å². The van der Waals surface area contributed by atoms with E-state index in [-0.39, 0.29) is 11.9 Å². The van der Waals surface area contributed by atoms with Gasteiger partial charge in [0.15, 0.2) is 0 Å². The third-order valence-electron chi connectivity index (χ3n) is 3.76. The molecule has 1 aromatic rings. The van der Waals surface area contributed by atoms with Crippen LogP contribution < -0.4 is 10.6 Å². The topological polar surface area (TPSA) is 67.2 Å². The van der Waals surface area contributed by atoms with Gasteiger partial charge in [-0.3, -0.25) is 4.79 Å². The Hall–Kier alpha value is -1.36. The van der Waals surface area contributed by atoms with E-state index in [4.69, 9.17) is 4.52 Å². The molecular formula is C12H17N3O2. The van der Waals surface area contributed by atoms with E-state index in [2.05, 4.69) is 15.8 Å². The molecule has 1 amide bonds. The van der Waals surface area contributed by atoms with Crippen LogP contribution >= 0.6 is 0 Å². The lowest BCUT2D eigenvalue weighted by Gasteiger charge is -2.29. The second-order valence-electron chi connectivity index (χ2n) is 5.12. The normalized spacial score (nSPS) is 31.5. The largest absolute Gasteiger partial charge is 0.351 e. The SMILES string of the molecule is Cc1cnoc1C(=O)NC1CC2CCC(C1)N2. The number of aryl methyl sites for hydroxylation is 1. The van der Waals surface area contributed by atoms with Gasteiger partial charge in [-0.2, -0.15) is 0 Å². The Balaban J connectivity index is 1.64. The third kappa shape index (κ3) is 2.07. The average molecular weight is 235 g/mol. The molecule has 2 aliphatic heterocycles. The van der Waals surface area contributed by atoms with E-state index in [0.29, 0.717) is 17.8 Å². The van der Waals surface area contributed by atoms with Crippen molar-refractivity contribution in [1.29, 1.82) is 0 Å². The zero-order valence-corrected chi connectivity index (χ0v) is 9.90. The highest BCUT2D eigenvalue weighted by Crippen LogP contribution is 2.26. The lowest BCUT2D eigenvalue weighted by molar-refractivity contribution is 0.0885. The Kier molecular flexibility index (Phi) is 2.63. The molecule has 2 fully saturated rings. The summed E-state index contributed by atoms with van der Waals surface area (Å²) in [5, 5.41) is 10.2. The summed E-state index contributed by atoms with van der Waals surface area (Å²) in [7, 11) is 0. The molecule has 3 heterocycles. The Morgan fingerprint density at radius 2 is 2.18 bits per heavy atom. The number of hydrogen-bond acceptors (Lipinski definition) is 4. The van der Waals surface area contributed by atoms with Crippen molar-refractivity contribution < 1.29 is 9.32 Å². The Bertz CT molecular complexity index is 417. The molecule has 2 bridgehead atoms. The number of fused-ring (bicyclic) bond motifs is 2. The van der Waals surface area contributed by atoms with Crippen LogP contribution in [-0.4, -0.2) is 29.2 Å². The van der Waals surface area contributed by atoms with E-state index in [1.165, 1.54) is 12.8 Å². The minimum Gasteiger partial charge on any atom is -0.351 e. The van der Waals surface area contributed by atoms with Gasteiger partial charge in [0.05, 0.1) is 6.20 Å². The lowest BCUT2D eigenvalue weighted by atomic mass is 9.99. The predicted molar refractivity (Wildman–Crippen MR) is 61.7 cm³/mol. The minimum atomic E-state index is -0.133. The van der Waals surface area contributed by atoms with Gasteiger partial charge in [-0.1, -0.05) is 5.16 Å². The van der Waals surface area contributed by atoms with Gasteiger partial charge >= 0.3 is 0 Å². The Morgan fingerprint density at radius 1 is 1.47 bits per heavy atom. The van der Waals surface area contributed by atoms with Crippen molar-refractivity contribution in [2.45, 2.75) is 50.7 Å². The van der Waals surface area contributed by atoms with Crippen molar-refractivity contribution in [3.05, 3.63) is 17.5 Å². The summed E-state index contributed by atoms with van der Waals surface area (Å²) < 4.78 is 4.96. The Labute approximate surface area is 99.9 Å². The molecule has 5 heteroatoms. The molecule has 1 aromatic heterocycles. The molecule has 3 rings (SSSR count). The number of rotatable bonds is 2. The molecule has 0 aliphatic carbocycles. The molecule has 92 valence electrons. The van der Waals surface area contributed by atoms with Gasteiger partial charge in [0, 0.05) is 23.7 Å². The molecule has 0 spiro atoms. The molecule has 0 aromatic carbocycles. The number of nitrogens with zero attached hydrogens (tertiary/aromatic N) is 1. The van der Waals surface area contributed by atoms with Crippen molar-refractivity contribution >= 4 is 5.91 Å². The summed E-state index contributed by atoms with van der Waals surface area (Å²) in [5.74, 6) is 0.210. The zero-order valence-electron chi connectivity index (χ0n) is 9.90. The highest BCUT2D eigenvalue weighted by Gasteiger charge is 2.34. The van der Waals surface area contributed by atoms with Gasteiger partial charge in [-0.25, -0.2) is 0 Å². The van der Waals surface area contributed by atoms with Gasteiger partial charge in [-0.05, 0) is 32.6 Å². The molecule has 0 radical (unpaired) electrons. The van der Waals surface area contributed by atoms with Crippen LogP contribution in [0.1, 0.15) is 41.8 Å². The van der Waals surface area contributed by atoms with E-state index >= 15 is 0 Å². The summed E-state index contributed by atoms with van der Waals surface area (Å²) in [6.45, 7) is 1.83. The fourth-order valence-corrected chi connectivity index (χ4v) is 2.94. The van der Waals surface area contributed by atoms with Gasteiger partial charge in [-0.15, -0.1) is 0 Å². The standard InChI is InChI=1S/C12H17N3O2/c1-7-6-13-17-11(7)12(16)15-10-4-8-2-3-9(5-10)14-8/h6,8-10,14H,2-5H2,1H3,(H,15,16). The second kappa shape index (κ2) is 4.14. The number of carbonyl (C=O) groups excluding carboxylic acids is 1. The van der Waals surface area contributed by atoms with E-state index < -0.39 is 0 Å². The van der Waals surface area contributed by atoms with Crippen LogP contribution in [0.15, 0.2) is 10.7 Å². The molecular weight excluding hydrogens is 218 g/mol. The first-order chi connectivity index (χ1) is 8.22. The number of amides is 1. The van der Waals surface area contributed by atoms with Gasteiger partial charge in [0.1, 0.15) is 0 Å². The van der Waals surface area contributed by atoms with Crippen LogP contribution in [0.25, 0.3) is 0 Å². The molecule has 17 heavy (non-hydrogen) atoms. The highest BCUT2D eigenvalue weighted by atomic mass is 16.5. The first kappa shape index (κ1) is 10.8. The van der Waals surface area contributed by atoms with Gasteiger partial charge < -0.3 is 15.2 Å². The molecule has 2 saturated heterocycles. The maximum absolute atomic E-state index is 12.0. The van der Waals surface area contributed by atoms with Gasteiger partial charge in [0.2, 0.25) is 5.76 Å². The van der Waals surface area contributed by atoms with E-state index in [1.54, 1.807) is 6.20 Å². The van der Waals surface area contributed by atoms with Crippen LogP contribution in [0.3, 0.4) is 0 Å². The van der Waals surface area contributed by atoms with Gasteiger partial charge in [0.25, 0.3) is 5.91 Å². The van der Waals surface area contributed by atoms with Crippen molar-refractivity contribution in [3.8, 4) is 0 Å². The van der Waals surface area contributed by atoms with Crippen molar-refractivity contribution in [2.75, 3.05) is 0 Å². The predicted octanol–water partition coefficient (Wildman–Crippen LogP) is 0.996. The third-order valence-corrected chi connectivity index (χ3v) is 3.76. The first-order valence-electron chi connectivity index (χ1n) is 6.20. The van der Waals surface area contributed by atoms with Crippen LogP contribution in [0.4, 0.5) is 0 Å². The van der Waals surface area contributed by atoms with Crippen molar-refractivity contribution in [3.63, 3.8) is 0 Å². The fourth-order valence-electron chi connectivity index (χ4n) is 2.94. The van der Waals surface area contributed by atoms with E-state index in [0.717, 1.165) is 18.4 Å². The van der Waals surface area contributed by atoms with Crippen molar-refractivity contribution in [1.82, 2.24) is 15.8 Å². The number of aromatic nitrogens is 1. The molecule has 0 saturated carbocycles. The summed E-state index contributed by atoms with van der Waals surface area (Å²) in [5.41, 5.74) is 0.791. The van der Waals surface area contributed by atoms with Crippen LogP contribution in [-0.2, 0) is 0 Å². The molecule has 5 nitrogen and oxygen atoms in total. The summed E-state index contributed by atoms with van der Waals surface area (Å²) in [6.07, 6.45) is 6.09. The molecule has 2 N–H and O–H groups in total. The summed E-state index contributed by atoms with van der Waals surface area (Å²) in [4.78, 5) is 12.0. The molecule has 2 aliphatic rings. The Morgan fingerprint density at radius 3 is 2.76 bits per heavy atom. The quantitative estimate of drug-likeness (QED) is 0.802. The number of piperidine rings is 1. The summed E-state index contributed by atoms with van der Waals surface area (Å²) in [6, 6.07) is 1.43. The number of hydrogen-bond donors (Lipinski definition) is 2. The summed E-state index contributed by atoms with van der Waals surface area (Å²) >= 11 is 0. The molecule has 2 atom stereocenters. The van der Waals surface area contributed by atoms with E-state index in [1.807, 2.05) is 6.92 Å². The minimum absolute atomic E-state index is 0.133. The second-order valence-corrected chi connectivity index (χ2v) is 5.12. The first-order valence-corrected chi connectivity index (χ1v) is 6.20. The zero-order chi connectivity index (χ0) is 11.8. The maximum Gasteiger partial charge on any atom is 0.290 e. The average Bonchev–Trinajstić information content (AvgIpc) is 2.85. The van der Waals surface area contributed by atoms with Crippen LogP contribution in [0, 0.1) is 6.92 Å². The maximum atomic E-state index is 12.0. The van der Waals surface area contributed by atoms with Crippen molar-refractivity contribution in [2.24, 2.45) is 0 Å². The fraction of sp³-hybridized carbons (Fsp3) is 0.667. The molecule has 2 unspecified atom stereocenters. The highest BCUT2D eigenvalue weighted by molar-refractivity contribution is 5.92. The van der Waals surface area contributed by atoms with Crippen LogP contribution in [0.2, 0.25) is 0 Å². The smallest absolute Gasteiger partial charge is 0.290 e. The monoisotopic (exact) mass is 235 g/mol. The van der Waals surface area contributed by atoms with Crippen LogP contribution in [0.5, 0.6) is 0 Å². The number of carbonyl (C=O) groups is 1.